The van der Waals surface area contributed by atoms with E-state index in [0.717, 1.165) is 0 Å². The second-order valence-electron chi connectivity index (χ2n) is 7.91. The van der Waals surface area contributed by atoms with Crippen LogP contribution in [0.1, 0.15) is 28.8 Å². The predicted octanol–water partition coefficient (Wildman–Crippen LogP) is -0.0237. The van der Waals surface area contributed by atoms with Gasteiger partial charge in [-0.2, -0.15) is 0 Å². The van der Waals surface area contributed by atoms with E-state index in [4.69, 9.17) is 5.11 Å². The summed E-state index contributed by atoms with van der Waals surface area (Å²) in [5, 5.41) is 13.3. The SMILES string of the molecule is O=C(O)NCCN1CCN(c2cc(F)cc3c2CN(C2CCC(=O)NC2=O)C3=O)CC1. The van der Waals surface area contributed by atoms with Crippen molar-refractivity contribution in [3.63, 3.8) is 0 Å². The maximum Gasteiger partial charge on any atom is 0.404 e. The van der Waals surface area contributed by atoms with Crippen LogP contribution in [0.5, 0.6) is 0 Å². The molecular formula is C20H24FN5O5. The van der Waals surface area contributed by atoms with Gasteiger partial charge in [-0.3, -0.25) is 24.6 Å². The van der Waals surface area contributed by atoms with Gasteiger partial charge in [-0.15, -0.1) is 0 Å². The van der Waals surface area contributed by atoms with E-state index in [2.05, 4.69) is 15.5 Å². The molecule has 3 heterocycles. The van der Waals surface area contributed by atoms with Crippen LogP contribution in [0.2, 0.25) is 0 Å². The number of amides is 4. The van der Waals surface area contributed by atoms with Crippen LogP contribution >= 0.6 is 0 Å². The summed E-state index contributed by atoms with van der Waals surface area (Å²) in [5.74, 6) is -1.76. The summed E-state index contributed by atoms with van der Waals surface area (Å²) in [6, 6.07) is 1.88. The van der Waals surface area contributed by atoms with Gasteiger partial charge in [-0.25, -0.2) is 9.18 Å². The number of piperazine rings is 1. The number of carboxylic acid groups (broad SMARTS) is 1. The largest absolute Gasteiger partial charge is 0.465 e. The van der Waals surface area contributed by atoms with E-state index in [1.165, 1.54) is 17.0 Å². The van der Waals surface area contributed by atoms with Crippen molar-refractivity contribution in [2.24, 2.45) is 0 Å². The molecule has 10 nitrogen and oxygen atoms in total. The van der Waals surface area contributed by atoms with Crippen molar-refractivity contribution >= 4 is 29.5 Å². The van der Waals surface area contributed by atoms with Crippen LogP contribution in [-0.4, -0.2) is 84.0 Å². The van der Waals surface area contributed by atoms with Gasteiger partial charge in [0.2, 0.25) is 11.8 Å². The average Bonchev–Trinajstić information content (AvgIpc) is 3.04. The molecule has 1 atom stereocenters. The Balaban J connectivity index is 1.47. The van der Waals surface area contributed by atoms with Crippen molar-refractivity contribution < 1.29 is 28.7 Å². The highest BCUT2D eigenvalue weighted by Crippen LogP contribution is 2.35. The standard InChI is InChI=1S/C20H24FN5O5/c21-12-9-13-14(11-26(19(13)29)15-1-2-17(27)23-18(15)28)16(10-12)25-7-5-24(6-8-25)4-3-22-20(30)31/h9-10,15,22H,1-8,11H2,(H,30,31)(H,23,27,28). The lowest BCUT2D eigenvalue weighted by Gasteiger charge is -2.37. The molecule has 4 amide bonds. The summed E-state index contributed by atoms with van der Waals surface area (Å²) in [6.45, 7) is 3.68. The molecule has 3 aliphatic rings. The zero-order valence-electron chi connectivity index (χ0n) is 16.9. The van der Waals surface area contributed by atoms with Crippen molar-refractivity contribution in [3.8, 4) is 0 Å². The topological polar surface area (TPSA) is 122 Å². The lowest BCUT2D eigenvalue weighted by atomic mass is 10.0. The third kappa shape index (κ3) is 4.31. The molecule has 0 bridgehead atoms. The van der Waals surface area contributed by atoms with Crippen molar-refractivity contribution in [3.05, 3.63) is 29.1 Å². The first-order chi connectivity index (χ1) is 14.8. The third-order valence-corrected chi connectivity index (χ3v) is 6.01. The zero-order chi connectivity index (χ0) is 22.1. The van der Waals surface area contributed by atoms with Crippen LogP contribution in [0.25, 0.3) is 0 Å². The molecule has 1 unspecified atom stereocenters. The number of halogens is 1. The molecule has 0 aromatic heterocycles. The van der Waals surface area contributed by atoms with Gasteiger partial charge in [0.25, 0.3) is 5.91 Å². The highest BCUT2D eigenvalue weighted by atomic mass is 19.1. The van der Waals surface area contributed by atoms with E-state index >= 15 is 0 Å². The lowest BCUT2D eigenvalue weighted by molar-refractivity contribution is -0.136. The molecule has 31 heavy (non-hydrogen) atoms. The van der Waals surface area contributed by atoms with Crippen LogP contribution in [0, 0.1) is 5.82 Å². The number of hydrogen-bond donors (Lipinski definition) is 3. The Labute approximate surface area is 178 Å². The summed E-state index contributed by atoms with van der Waals surface area (Å²) >= 11 is 0. The van der Waals surface area contributed by atoms with Gasteiger partial charge in [0.1, 0.15) is 11.9 Å². The monoisotopic (exact) mass is 433 g/mol. The summed E-state index contributed by atoms with van der Waals surface area (Å²) in [7, 11) is 0. The van der Waals surface area contributed by atoms with Crippen molar-refractivity contribution in [1.29, 1.82) is 0 Å². The van der Waals surface area contributed by atoms with E-state index in [-0.39, 0.29) is 30.9 Å². The maximum absolute atomic E-state index is 14.4. The number of nitrogens with zero attached hydrogens (tertiary/aromatic N) is 3. The minimum atomic E-state index is -1.06. The Morgan fingerprint density at radius 2 is 1.94 bits per heavy atom. The van der Waals surface area contributed by atoms with E-state index in [0.29, 0.717) is 50.5 Å². The van der Waals surface area contributed by atoms with E-state index in [1.54, 1.807) is 0 Å². The summed E-state index contributed by atoms with van der Waals surface area (Å²) in [4.78, 5) is 52.8. The number of imide groups is 1. The number of benzene rings is 1. The van der Waals surface area contributed by atoms with Crippen LogP contribution in [0.15, 0.2) is 12.1 Å². The molecule has 0 saturated carbocycles. The molecule has 11 heteroatoms. The van der Waals surface area contributed by atoms with Gasteiger partial charge in [0.05, 0.1) is 0 Å². The molecule has 3 N–H and O–H groups in total. The smallest absolute Gasteiger partial charge is 0.404 e. The number of carbonyl (C=O) groups is 4. The number of fused-ring (bicyclic) bond motifs is 1. The Morgan fingerprint density at radius 1 is 1.19 bits per heavy atom. The molecular weight excluding hydrogens is 409 g/mol. The van der Waals surface area contributed by atoms with E-state index < -0.39 is 29.8 Å². The minimum Gasteiger partial charge on any atom is -0.465 e. The zero-order valence-corrected chi connectivity index (χ0v) is 16.9. The Kier molecular flexibility index (Phi) is 5.77. The molecule has 2 fully saturated rings. The van der Waals surface area contributed by atoms with Gasteiger partial charge in [0.15, 0.2) is 0 Å². The number of anilines is 1. The first kappa shape index (κ1) is 21.0. The fourth-order valence-electron chi connectivity index (χ4n) is 4.42. The summed E-state index contributed by atoms with van der Waals surface area (Å²) in [5.41, 5.74) is 1.59. The van der Waals surface area contributed by atoms with E-state index in [1.807, 2.05) is 4.90 Å². The van der Waals surface area contributed by atoms with Crippen LogP contribution in [-0.2, 0) is 16.1 Å². The fraction of sp³-hybridized carbons (Fsp3) is 0.500. The number of carbonyl (C=O) groups excluding carboxylic acids is 3. The van der Waals surface area contributed by atoms with Crippen LogP contribution in [0.3, 0.4) is 0 Å². The van der Waals surface area contributed by atoms with Gasteiger partial charge in [0, 0.05) is 69.0 Å². The summed E-state index contributed by atoms with van der Waals surface area (Å²) in [6.07, 6.45) is -0.638. The first-order valence-electron chi connectivity index (χ1n) is 10.2. The van der Waals surface area contributed by atoms with E-state index in [9.17, 15) is 23.6 Å². The normalized spacial score (nSPS) is 21.8. The third-order valence-electron chi connectivity index (χ3n) is 6.01. The number of rotatable bonds is 5. The molecule has 1 aromatic rings. The Hall–Kier alpha value is -3.21. The van der Waals surface area contributed by atoms with Crippen LogP contribution in [0.4, 0.5) is 14.9 Å². The number of hydrogen-bond acceptors (Lipinski definition) is 6. The second-order valence-corrected chi connectivity index (χ2v) is 7.91. The second kappa shape index (κ2) is 8.50. The average molecular weight is 433 g/mol. The number of nitrogens with one attached hydrogen (secondary N) is 2. The molecule has 0 spiro atoms. The minimum absolute atomic E-state index is 0.163. The highest BCUT2D eigenvalue weighted by Gasteiger charge is 2.41. The molecule has 0 radical (unpaired) electrons. The lowest BCUT2D eigenvalue weighted by Crippen LogP contribution is -2.52. The Bertz CT molecular complexity index is 931. The highest BCUT2D eigenvalue weighted by molar-refractivity contribution is 6.06. The van der Waals surface area contributed by atoms with Crippen molar-refractivity contribution in [2.45, 2.75) is 25.4 Å². The van der Waals surface area contributed by atoms with Gasteiger partial charge < -0.3 is 20.2 Å². The molecule has 3 aliphatic heterocycles. The van der Waals surface area contributed by atoms with Gasteiger partial charge >= 0.3 is 6.09 Å². The Morgan fingerprint density at radius 3 is 2.61 bits per heavy atom. The molecule has 166 valence electrons. The van der Waals surface area contributed by atoms with Gasteiger partial charge in [-0.05, 0) is 18.6 Å². The fourth-order valence-corrected chi connectivity index (χ4v) is 4.42. The quantitative estimate of drug-likeness (QED) is 0.558. The predicted molar refractivity (Wildman–Crippen MR) is 107 cm³/mol. The van der Waals surface area contributed by atoms with Gasteiger partial charge in [-0.1, -0.05) is 0 Å². The van der Waals surface area contributed by atoms with Crippen LogP contribution < -0.4 is 15.5 Å². The summed E-state index contributed by atoms with van der Waals surface area (Å²) < 4.78 is 14.4. The van der Waals surface area contributed by atoms with Crippen molar-refractivity contribution in [2.75, 3.05) is 44.2 Å². The maximum atomic E-state index is 14.4. The van der Waals surface area contributed by atoms with Crippen molar-refractivity contribution in [1.82, 2.24) is 20.4 Å². The molecule has 1 aromatic carbocycles. The molecule has 0 aliphatic carbocycles. The molecule has 2 saturated heterocycles. The first-order valence-corrected chi connectivity index (χ1v) is 10.2. The molecule has 4 rings (SSSR count). The number of piperidine rings is 1.